The maximum Gasteiger partial charge on any atom is 0.322 e. The van der Waals surface area contributed by atoms with Crippen LogP contribution in [0, 0.1) is 0 Å². The number of rotatable bonds is 5. The molecule has 0 bridgehead atoms. The third kappa shape index (κ3) is 4.19. The smallest absolute Gasteiger partial charge is 0.322 e. The highest BCUT2D eigenvalue weighted by Crippen LogP contribution is 2.28. The summed E-state index contributed by atoms with van der Waals surface area (Å²) in [6, 6.07) is 4.03. The zero-order valence-electron chi connectivity index (χ0n) is 11.2. The van der Waals surface area contributed by atoms with E-state index in [9.17, 15) is 0 Å². The average Bonchev–Trinajstić information content (AvgIpc) is 2.74. The highest BCUT2D eigenvalue weighted by Gasteiger charge is 2.12. The number of thiophene rings is 1. The van der Waals surface area contributed by atoms with Crippen molar-refractivity contribution < 1.29 is 4.74 Å². The van der Waals surface area contributed by atoms with Crippen molar-refractivity contribution >= 4 is 40.5 Å². The standard InChI is InChI=1S/C12H14Cl2N4OS/c1-6(2)19-12-17-10(14)16-11(18-12)15-7(3)8-4-5-9(13)20-8/h4-7H,1-3H3,(H,15,16,17,18). The van der Waals surface area contributed by atoms with Gasteiger partial charge in [0.1, 0.15) is 0 Å². The molecule has 0 spiro atoms. The van der Waals surface area contributed by atoms with Crippen LogP contribution in [-0.2, 0) is 0 Å². The molecule has 0 aliphatic rings. The lowest BCUT2D eigenvalue weighted by Crippen LogP contribution is -2.13. The topological polar surface area (TPSA) is 59.9 Å². The number of aromatic nitrogens is 3. The maximum absolute atomic E-state index is 5.92. The molecule has 2 aromatic rings. The van der Waals surface area contributed by atoms with Gasteiger partial charge in [-0.3, -0.25) is 0 Å². The van der Waals surface area contributed by atoms with Crippen LogP contribution < -0.4 is 10.1 Å². The summed E-state index contributed by atoms with van der Waals surface area (Å²) in [5.74, 6) is 0.373. The van der Waals surface area contributed by atoms with Gasteiger partial charge in [-0.25, -0.2) is 0 Å². The molecule has 0 radical (unpaired) electrons. The van der Waals surface area contributed by atoms with Crippen molar-refractivity contribution in [3.8, 4) is 6.01 Å². The molecule has 1 atom stereocenters. The first-order chi connectivity index (χ1) is 9.44. The molecule has 0 fully saturated rings. The van der Waals surface area contributed by atoms with Gasteiger partial charge in [0.05, 0.1) is 16.5 Å². The molecule has 0 saturated carbocycles. The molecule has 1 unspecified atom stereocenters. The lowest BCUT2D eigenvalue weighted by atomic mass is 10.3. The lowest BCUT2D eigenvalue weighted by molar-refractivity contribution is 0.222. The number of nitrogens with one attached hydrogen (secondary N) is 1. The third-order valence-electron chi connectivity index (χ3n) is 2.30. The molecule has 1 N–H and O–H groups in total. The SMILES string of the molecule is CC(C)Oc1nc(Cl)nc(NC(C)c2ccc(Cl)s2)n1. The van der Waals surface area contributed by atoms with Gasteiger partial charge in [-0.1, -0.05) is 11.6 Å². The van der Waals surface area contributed by atoms with Crippen LogP contribution in [0.5, 0.6) is 6.01 Å². The van der Waals surface area contributed by atoms with E-state index < -0.39 is 0 Å². The Kier molecular flexibility index (Phi) is 5.01. The number of hydrogen-bond donors (Lipinski definition) is 1. The molecule has 108 valence electrons. The number of nitrogens with zero attached hydrogens (tertiary/aromatic N) is 3. The fourth-order valence-electron chi connectivity index (χ4n) is 1.49. The predicted molar refractivity (Wildman–Crippen MR) is 82.0 cm³/mol. The number of hydrogen-bond acceptors (Lipinski definition) is 6. The predicted octanol–water partition coefficient (Wildman–Crippen LogP) is 4.20. The van der Waals surface area contributed by atoms with Crippen molar-refractivity contribution in [3.63, 3.8) is 0 Å². The van der Waals surface area contributed by atoms with E-state index in [1.54, 1.807) is 0 Å². The summed E-state index contributed by atoms with van der Waals surface area (Å²) in [7, 11) is 0. The van der Waals surface area contributed by atoms with Crippen molar-refractivity contribution in [3.05, 3.63) is 26.6 Å². The van der Waals surface area contributed by atoms with Crippen LogP contribution in [0.2, 0.25) is 9.62 Å². The monoisotopic (exact) mass is 332 g/mol. The molecule has 0 amide bonds. The molecule has 20 heavy (non-hydrogen) atoms. The Morgan fingerprint density at radius 1 is 1.15 bits per heavy atom. The van der Waals surface area contributed by atoms with Gasteiger partial charge in [-0.15, -0.1) is 11.3 Å². The molecule has 2 rings (SSSR count). The van der Waals surface area contributed by atoms with Crippen LogP contribution in [0.1, 0.15) is 31.7 Å². The van der Waals surface area contributed by atoms with Crippen molar-refractivity contribution in [2.75, 3.05) is 5.32 Å². The molecule has 0 aromatic carbocycles. The minimum Gasteiger partial charge on any atom is -0.461 e. The number of anilines is 1. The molecule has 8 heteroatoms. The van der Waals surface area contributed by atoms with Gasteiger partial charge in [0, 0.05) is 4.88 Å². The summed E-state index contributed by atoms with van der Waals surface area (Å²) in [4.78, 5) is 13.2. The Bertz CT molecular complexity index is 591. The normalized spacial score (nSPS) is 12.5. The highest BCUT2D eigenvalue weighted by molar-refractivity contribution is 7.16. The molecule has 5 nitrogen and oxygen atoms in total. The maximum atomic E-state index is 5.92. The molecule has 0 aliphatic carbocycles. The van der Waals surface area contributed by atoms with Crippen molar-refractivity contribution in [2.45, 2.75) is 32.9 Å². The number of ether oxygens (including phenoxy) is 1. The Morgan fingerprint density at radius 3 is 2.50 bits per heavy atom. The van der Waals surface area contributed by atoms with Crippen molar-refractivity contribution in [1.29, 1.82) is 0 Å². The second-order valence-corrected chi connectivity index (χ2v) is 6.47. The molecular formula is C12H14Cl2N4OS. The Labute approximate surface area is 131 Å². The molecule has 0 saturated heterocycles. The van der Waals surface area contributed by atoms with E-state index in [2.05, 4.69) is 20.3 Å². The zero-order chi connectivity index (χ0) is 14.7. The first-order valence-electron chi connectivity index (χ1n) is 6.04. The lowest BCUT2D eigenvalue weighted by Gasteiger charge is -2.13. The van der Waals surface area contributed by atoms with Crippen LogP contribution in [0.25, 0.3) is 0 Å². The van der Waals surface area contributed by atoms with Crippen LogP contribution in [0.3, 0.4) is 0 Å². The summed E-state index contributed by atoms with van der Waals surface area (Å²) in [6.45, 7) is 5.77. The van der Waals surface area contributed by atoms with Crippen LogP contribution in [0.4, 0.5) is 5.95 Å². The van der Waals surface area contributed by atoms with E-state index >= 15 is 0 Å². The van der Waals surface area contributed by atoms with Crippen LogP contribution >= 0.6 is 34.5 Å². The van der Waals surface area contributed by atoms with Crippen LogP contribution in [0.15, 0.2) is 12.1 Å². The van der Waals surface area contributed by atoms with E-state index in [0.717, 1.165) is 9.21 Å². The van der Waals surface area contributed by atoms with Gasteiger partial charge < -0.3 is 10.1 Å². The van der Waals surface area contributed by atoms with Gasteiger partial charge in [-0.2, -0.15) is 15.0 Å². The minimum absolute atomic E-state index is 0.0119. The van der Waals surface area contributed by atoms with E-state index in [1.165, 1.54) is 11.3 Å². The number of halogens is 2. The van der Waals surface area contributed by atoms with Crippen molar-refractivity contribution in [2.24, 2.45) is 0 Å². The Balaban J connectivity index is 2.14. The van der Waals surface area contributed by atoms with Crippen molar-refractivity contribution in [1.82, 2.24) is 15.0 Å². The summed E-state index contributed by atoms with van der Waals surface area (Å²) in [5.41, 5.74) is 0. The van der Waals surface area contributed by atoms with E-state index in [0.29, 0.717) is 5.95 Å². The first kappa shape index (κ1) is 15.3. The zero-order valence-corrected chi connectivity index (χ0v) is 13.6. The highest BCUT2D eigenvalue weighted by atomic mass is 35.5. The van der Waals surface area contributed by atoms with E-state index in [1.807, 2.05) is 32.9 Å². The van der Waals surface area contributed by atoms with E-state index in [-0.39, 0.29) is 23.4 Å². The second kappa shape index (κ2) is 6.56. The van der Waals surface area contributed by atoms with Gasteiger partial charge in [0.25, 0.3) is 0 Å². The molecule has 2 heterocycles. The summed E-state index contributed by atoms with van der Waals surface area (Å²) in [5, 5.41) is 3.24. The minimum atomic E-state index is -0.0326. The van der Waals surface area contributed by atoms with E-state index in [4.69, 9.17) is 27.9 Å². The fourth-order valence-corrected chi connectivity index (χ4v) is 2.70. The largest absolute Gasteiger partial charge is 0.461 e. The van der Waals surface area contributed by atoms with Gasteiger partial charge in [0.15, 0.2) is 0 Å². The fraction of sp³-hybridized carbons (Fsp3) is 0.417. The summed E-state index contributed by atoms with van der Waals surface area (Å²) in [6.07, 6.45) is -0.0326. The average molecular weight is 333 g/mol. The van der Waals surface area contributed by atoms with Crippen LogP contribution in [-0.4, -0.2) is 21.1 Å². The molecule has 0 aliphatic heterocycles. The van der Waals surface area contributed by atoms with Gasteiger partial charge in [0.2, 0.25) is 11.2 Å². The molecule has 2 aromatic heterocycles. The summed E-state index contributed by atoms with van der Waals surface area (Å²) < 4.78 is 6.16. The Hall–Kier alpha value is -1.11. The molecular weight excluding hydrogens is 319 g/mol. The quantitative estimate of drug-likeness (QED) is 0.888. The van der Waals surface area contributed by atoms with Gasteiger partial charge in [-0.05, 0) is 44.5 Å². The third-order valence-corrected chi connectivity index (χ3v) is 3.88. The summed E-state index contributed by atoms with van der Waals surface area (Å²) >= 11 is 13.3. The van der Waals surface area contributed by atoms with Gasteiger partial charge >= 0.3 is 6.01 Å². The second-order valence-electron chi connectivity index (χ2n) is 4.39. The Morgan fingerprint density at radius 2 is 1.90 bits per heavy atom. The first-order valence-corrected chi connectivity index (χ1v) is 7.61.